The summed E-state index contributed by atoms with van der Waals surface area (Å²) in [6.07, 6.45) is 0. The summed E-state index contributed by atoms with van der Waals surface area (Å²) >= 11 is 1.44. The molecule has 96 valence electrons. The van der Waals surface area contributed by atoms with Crippen LogP contribution in [0.15, 0.2) is 40.8 Å². The first kappa shape index (κ1) is 12.0. The van der Waals surface area contributed by atoms with Crippen molar-refractivity contribution in [2.45, 2.75) is 13.8 Å². The second kappa shape index (κ2) is 4.59. The quantitative estimate of drug-likeness (QED) is 0.842. The van der Waals surface area contributed by atoms with E-state index in [1.165, 1.54) is 16.3 Å². The number of benzene rings is 1. The van der Waals surface area contributed by atoms with E-state index in [1.54, 1.807) is 0 Å². The number of aromatic nitrogens is 1. The van der Waals surface area contributed by atoms with Crippen molar-refractivity contribution in [3.63, 3.8) is 0 Å². The molecule has 2 heterocycles. The van der Waals surface area contributed by atoms with Crippen LogP contribution >= 0.6 is 11.3 Å². The van der Waals surface area contributed by atoms with Gasteiger partial charge in [-0.25, -0.2) is 4.98 Å². The van der Waals surface area contributed by atoms with Crippen LogP contribution in [0.4, 0.5) is 5.13 Å². The zero-order chi connectivity index (χ0) is 13.4. The molecule has 4 nitrogen and oxygen atoms in total. The largest absolute Gasteiger partial charge is 0.272 e. The van der Waals surface area contributed by atoms with Gasteiger partial charge in [0.15, 0.2) is 0 Å². The Morgan fingerprint density at radius 1 is 1.26 bits per heavy atom. The third-order valence-corrected chi connectivity index (χ3v) is 4.02. The number of hydrogen-bond acceptors (Lipinski definition) is 4. The molecule has 1 aliphatic heterocycles. The Balaban J connectivity index is 1.93. The summed E-state index contributed by atoms with van der Waals surface area (Å²) < 4.78 is 0. The first-order valence-corrected chi connectivity index (χ1v) is 6.95. The monoisotopic (exact) mass is 271 g/mol. The van der Waals surface area contributed by atoms with Crippen molar-refractivity contribution in [3.8, 4) is 11.3 Å². The highest BCUT2D eigenvalue weighted by Gasteiger charge is 2.32. The van der Waals surface area contributed by atoms with Gasteiger partial charge in [0.25, 0.3) is 5.91 Å². The van der Waals surface area contributed by atoms with Gasteiger partial charge in [-0.05, 0) is 13.8 Å². The van der Waals surface area contributed by atoms with Gasteiger partial charge in [-0.3, -0.25) is 4.79 Å². The zero-order valence-corrected chi connectivity index (χ0v) is 11.5. The van der Waals surface area contributed by atoms with E-state index in [0.717, 1.165) is 17.0 Å². The molecule has 3 rings (SSSR count). The summed E-state index contributed by atoms with van der Waals surface area (Å²) in [5.41, 5.74) is 2.76. The van der Waals surface area contributed by atoms with Gasteiger partial charge in [0.2, 0.25) is 5.13 Å². The van der Waals surface area contributed by atoms with Crippen LogP contribution in [-0.4, -0.2) is 16.6 Å². The lowest BCUT2D eigenvalue weighted by Crippen LogP contribution is -2.24. The third-order valence-electron chi connectivity index (χ3n) is 3.21. The standard InChI is InChI=1S/C14H13N3OS/c1-9-10(2)16-17(13(9)18)14-15-12(8-19-14)11-6-4-3-5-7-11/h3-9H,1-2H3/t9-/m0/s1. The molecule has 0 N–H and O–H groups in total. The van der Waals surface area contributed by atoms with E-state index in [0.29, 0.717) is 5.13 Å². The molecule has 1 aromatic carbocycles. The first-order valence-electron chi connectivity index (χ1n) is 6.07. The van der Waals surface area contributed by atoms with Crippen molar-refractivity contribution in [1.82, 2.24) is 4.98 Å². The Hall–Kier alpha value is -2.01. The van der Waals surface area contributed by atoms with E-state index in [4.69, 9.17) is 0 Å². The Kier molecular flexibility index (Phi) is 2.91. The second-order valence-electron chi connectivity index (χ2n) is 4.49. The van der Waals surface area contributed by atoms with Gasteiger partial charge in [0, 0.05) is 16.7 Å². The van der Waals surface area contributed by atoms with E-state index in [1.807, 2.05) is 49.6 Å². The highest BCUT2D eigenvalue weighted by molar-refractivity contribution is 7.14. The molecule has 0 saturated heterocycles. The molecule has 0 radical (unpaired) electrons. The van der Waals surface area contributed by atoms with Gasteiger partial charge in [-0.1, -0.05) is 30.3 Å². The van der Waals surface area contributed by atoms with E-state index < -0.39 is 0 Å². The van der Waals surface area contributed by atoms with E-state index in [2.05, 4.69) is 10.1 Å². The normalized spacial score (nSPS) is 18.8. The minimum absolute atomic E-state index is 0.00791. The van der Waals surface area contributed by atoms with Gasteiger partial charge in [0.1, 0.15) is 0 Å². The molecule has 2 aromatic rings. The molecule has 0 fully saturated rings. The molecule has 1 aromatic heterocycles. The third kappa shape index (κ3) is 2.06. The van der Waals surface area contributed by atoms with Crippen molar-refractivity contribution in [3.05, 3.63) is 35.7 Å². The van der Waals surface area contributed by atoms with Crippen LogP contribution in [0.2, 0.25) is 0 Å². The number of hydrazone groups is 1. The van der Waals surface area contributed by atoms with Crippen LogP contribution < -0.4 is 5.01 Å². The number of carbonyl (C=O) groups is 1. The molecule has 0 bridgehead atoms. The summed E-state index contributed by atoms with van der Waals surface area (Å²) in [6, 6.07) is 9.92. The molecule has 0 aliphatic carbocycles. The lowest BCUT2D eigenvalue weighted by molar-refractivity contribution is -0.119. The molecule has 0 unspecified atom stereocenters. The first-order chi connectivity index (χ1) is 9.16. The Labute approximate surface area is 115 Å². The lowest BCUT2D eigenvalue weighted by atomic mass is 10.1. The SMILES string of the molecule is CC1=NN(c2nc(-c3ccccc3)cs2)C(=O)[C@H]1C. The minimum atomic E-state index is -0.149. The summed E-state index contributed by atoms with van der Waals surface area (Å²) in [5.74, 6) is -0.157. The molecule has 5 heteroatoms. The van der Waals surface area contributed by atoms with Crippen molar-refractivity contribution >= 4 is 28.1 Å². The van der Waals surface area contributed by atoms with Crippen LogP contribution in [0.3, 0.4) is 0 Å². The molecule has 0 saturated carbocycles. The minimum Gasteiger partial charge on any atom is -0.272 e. The van der Waals surface area contributed by atoms with Gasteiger partial charge in [0.05, 0.1) is 11.6 Å². The maximum atomic E-state index is 12.0. The molecular formula is C14H13N3OS. The van der Waals surface area contributed by atoms with Gasteiger partial charge < -0.3 is 0 Å². The van der Waals surface area contributed by atoms with Crippen LogP contribution in [-0.2, 0) is 4.79 Å². The van der Waals surface area contributed by atoms with Crippen LogP contribution in [0.1, 0.15) is 13.8 Å². The highest BCUT2D eigenvalue weighted by atomic mass is 32.1. The molecule has 1 amide bonds. The Bertz CT molecular complexity index is 648. The maximum absolute atomic E-state index is 12.0. The van der Waals surface area contributed by atoms with Gasteiger partial charge in [-0.2, -0.15) is 10.1 Å². The van der Waals surface area contributed by atoms with Crippen LogP contribution in [0, 0.1) is 5.92 Å². The molecule has 1 aliphatic rings. The second-order valence-corrected chi connectivity index (χ2v) is 5.33. The summed E-state index contributed by atoms with van der Waals surface area (Å²) in [4.78, 5) is 16.5. The fourth-order valence-corrected chi connectivity index (χ4v) is 2.68. The predicted molar refractivity (Wildman–Crippen MR) is 77.3 cm³/mol. The smallest absolute Gasteiger partial charge is 0.258 e. The van der Waals surface area contributed by atoms with Crippen molar-refractivity contribution in [2.24, 2.45) is 11.0 Å². The highest BCUT2D eigenvalue weighted by Crippen LogP contribution is 2.30. The van der Waals surface area contributed by atoms with E-state index in [9.17, 15) is 4.79 Å². The molecular weight excluding hydrogens is 258 g/mol. The average Bonchev–Trinajstić information content (AvgIpc) is 3.01. The fourth-order valence-electron chi connectivity index (χ4n) is 1.90. The number of carbonyl (C=O) groups excluding carboxylic acids is 1. The number of anilines is 1. The number of amides is 1. The van der Waals surface area contributed by atoms with Gasteiger partial charge in [-0.15, -0.1) is 11.3 Å². The average molecular weight is 271 g/mol. The number of nitrogens with zero attached hydrogens (tertiary/aromatic N) is 3. The summed E-state index contributed by atoms with van der Waals surface area (Å²) in [7, 11) is 0. The van der Waals surface area contributed by atoms with E-state index >= 15 is 0 Å². The maximum Gasteiger partial charge on any atom is 0.258 e. The number of rotatable bonds is 2. The van der Waals surface area contributed by atoms with Crippen molar-refractivity contribution < 1.29 is 4.79 Å². The van der Waals surface area contributed by atoms with Gasteiger partial charge >= 0.3 is 0 Å². The Morgan fingerprint density at radius 3 is 2.63 bits per heavy atom. The number of thiazole rings is 1. The van der Waals surface area contributed by atoms with E-state index in [-0.39, 0.29) is 11.8 Å². The van der Waals surface area contributed by atoms with Crippen molar-refractivity contribution in [1.29, 1.82) is 0 Å². The zero-order valence-electron chi connectivity index (χ0n) is 10.7. The molecule has 19 heavy (non-hydrogen) atoms. The fraction of sp³-hybridized carbons (Fsp3) is 0.214. The molecule has 1 atom stereocenters. The van der Waals surface area contributed by atoms with Crippen LogP contribution in [0.5, 0.6) is 0 Å². The molecule has 0 spiro atoms. The predicted octanol–water partition coefficient (Wildman–Crippen LogP) is 3.17. The summed E-state index contributed by atoms with van der Waals surface area (Å²) in [5, 5.41) is 8.27. The number of hydrogen-bond donors (Lipinski definition) is 0. The Morgan fingerprint density at radius 2 is 2.00 bits per heavy atom. The summed E-state index contributed by atoms with van der Waals surface area (Å²) in [6.45, 7) is 3.74. The lowest BCUT2D eigenvalue weighted by Gasteiger charge is -2.07. The topological polar surface area (TPSA) is 45.6 Å². The van der Waals surface area contributed by atoms with Crippen molar-refractivity contribution in [2.75, 3.05) is 5.01 Å². The van der Waals surface area contributed by atoms with Crippen LogP contribution in [0.25, 0.3) is 11.3 Å².